The Morgan fingerprint density at radius 1 is 1.25 bits per heavy atom. The highest BCUT2D eigenvalue weighted by Gasteiger charge is 2.28. The van der Waals surface area contributed by atoms with Gasteiger partial charge in [0, 0.05) is 18.8 Å². The normalized spacial score (nSPS) is 11.2. The van der Waals surface area contributed by atoms with Gasteiger partial charge in [-0.1, -0.05) is 6.07 Å². The molecule has 1 heterocycles. The molecule has 0 spiro atoms. The fourth-order valence-corrected chi connectivity index (χ4v) is 1.76. The molecule has 24 heavy (non-hydrogen) atoms. The third-order valence-corrected chi connectivity index (χ3v) is 2.82. The van der Waals surface area contributed by atoms with E-state index in [1.807, 2.05) is 0 Å². The van der Waals surface area contributed by atoms with Crippen LogP contribution in [0.5, 0.6) is 5.88 Å². The highest BCUT2D eigenvalue weighted by atomic mass is 19.4. The van der Waals surface area contributed by atoms with E-state index in [9.17, 15) is 27.7 Å². The van der Waals surface area contributed by atoms with Gasteiger partial charge in [-0.2, -0.15) is 13.2 Å². The van der Waals surface area contributed by atoms with Crippen LogP contribution in [0, 0.1) is 15.9 Å². The van der Waals surface area contributed by atoms with Crippen molar-refractivity contribution in [1.29, 1.82) is 0 Å². The SMILES string of the molecule is O=[N+]([O-])c1cc(F)ccc1NCc1ccc(OCC(F)(F)F)nc1. The van der Waals surface area contributed by atoms with Crippen molar-refractivity contribution < 1.29 is 27.2 Å². The monoisotopic (exact) mass is 345 g/mol. The van der Waals surface area contributed by atoms with Gasteiger partial charge in [-0.3, -0.25) is 10.1 Å². The fourth-order valence-electron chi connectivity index (χ4n) is 1.76. The molecule has 0 fully saturated rings. The van der Waals surface area contributed by atoms with Crippen LogP contribution in [0.2, 0.25) is 0 Å². The standard InChI is InChI=1S/C14H11F4N3O3/c15-10-2-3-11(12(5-10)21(22)23)19-6-9-1-4-13(20-7-9)24-8-14(16,17)18/h1-5,7,19H,6,8H2. The van der Waals surface area contributed by atoms with Crippen molar-refractivity contribution in [3.05, 3.63) is 58.0 Å². The highest BCUT2D eigenvalue weighted by molar-refractivity contribution is 5.61. The molecule has 0 atom stereocenters. The molecule has 0 aliphatic carbocycles. The number of pyridine rings is 1. The summed E-state index contributed by atoms with van der Waals surface area (Å²) < 4.78 is 53.5. The van der Waals surface area contributed by atoms with Crippen molar-refractivity contribution in [2.45, 2.75) is 12.7 Å². The van der Waals surface area contributed by atoms with Gasteiger partial charge in [-0.15, -0.1) is 0 Å². The molecule has 128 valence electrons. The number of alkyl halides is 3. The van der Waals surface area contributed by atoms with Gasteiger partial charge in [-0.05, 0) is 17.7 Å². The third kappa shape index (κ3) is 5.07. The van der Waals surface area contributed by atoms with E-state index in [0.717, 1.165) is 12.1 Å². The van der Waals surface area contributed by atoms with E-state index in [4.69, 9.17) is 0 Å². The Balaban J connectivity index is 1.99. The molecule has 10 heteroatoms. The molecule has 1 N–H and O–H groups in total. The summed E-state index contributed by atoms with van der Waals surface area (Å²) in [5, 5.41) is 13.6. The molecule has 0 unspecified atom stereocenters. The van der Waals surface area contributed by atoms with Crippen LogP contribution >= 0.6 is 0 Å². The van der Waals surface area contributed by atoms with Gasteiger partial charge in [0.2, 0.25) is 5.88 Å². The first-order valence-corrected chi connectivity index (χ1v) is 6.57. The molecule has 0 amide bonds. The van der Waals surface area contributed by atoms with Crippen LogP contribution in [0.3, 0.4) is 0 Å². The Morgan fingerprint density at radius 2 is 2.00 bits per heavy atom. The number of halogens is 4. The average Bonchev–Trinajstić information content (AvgIpc) is 2.52. The summed E-state index contributed by atoms with van der Waals surface area (Å²) in [5.74, 6) is -0.927. The van der Waals surface area contributed by atoms with E-state index in [-0.39, 0.29) is 18.1 Å². The third-order valence-electron chi connectivity index (χ3n) is 2.82. The molecule has 1 aromatic heterocycles. The number of anilines is 1. The number of rotatable bonds is 6. The molecular formula is C14H11F4N3O3. The van der Waals surface area contributed by atoms with E-state index in [1.54, 1.807) is 0 Å². The minimum Gasteiger partial charge on any atom is -0.468 e. The number of ether oxygens (including phenoxy) is 1. The second-order valence-electron chi connectivity index (χ2n) is 4.68. The molecule has 0 aliphatic rings. The lowest BCUT2D eigenvalue weighted by Crippen LogP contribution is -2.19. The smallest absolute Gasteiger partial charge is 0.422 e. The maximum atomic E-state index is 13.0. The van der Waals surface area contributed by atoms with Gasteiger partial charge in [0.25, 0.3) is 5.69 Å². The molecule has 0 radical (unpaired) electrons. The molecule has 2 rings (SSSR count). The van der Waals surface area contributed by atoms with Crippen molar-refractivity contribution in [3.63, 3.8) is 0 Å². The predicted molar refractivity (Wildman–Crippen MR) is 76.2 cm³/mol. The Morgan fingerprint density at radius 3 is 2.58 bits per heavy atom. The fraction of sp³-hybridized carbons (Fsp3) is 0.214. The number of hydrogen-bond donors (Lipinski definition) is 1. The van der Waals surface area contributed by atoms with E-state index in [0.29, 0.717) is 5.56 Å². The first-order valence-electron chi connectivity index (χ1n) is 6.57. The molecule has 6 nitrogen and oxygen atoms in total. The summed E-state index contributed by atoms with van der Waals surface area (Å²) in [6, 6.07) is 5.79. The second kappa shape index (κ2) is 7.11. The number of nitro groups is 1. The van der Waals surface area contributed by atoms with Crippen LogP contribution in [-0.4, -0.2) is 22.7 Å². The topological polar surface area (TPSA) is 77.3 Å². The number of nitrogens with zero attached hydrogens (tertiary/aromatic N) is 2. The van der Waals surface area contributed by atoms with Crippen LogP contribution in [-0.2, 0) is 6.54 Å². The predicted octanol–water partition coefficient (Wildman–Crippen LogP) is 3.68. The van der Waals surface area contributed by atoms with Crippen LogP contribution in [0.25, 0.3) is 0 Å². The minimum absolute atomic E-state index is 0.110. The number of hydrogen-bond acceptors (Lipinski definition) is 5. The van der Waals surface area contributed by atoms with Crippen LogP contribution < -0.4 is 10.1 Å². The summed E-state index contributed by atoms with van der Waals surface area (Å²) in [4.78, 5) is 13.8. The zero-order valence-electron chi connectivity index (χ0n) is 12.0. The van der Waals surface area contributed by atoms with E-state index < -0.39 is 29.2 Å². The average molecular weight is 345 g/mol. The van der Waals surface area contributed by atoms with E-state index >= 15 is 0 Å². The van der Waals surface area contributed by atoms with Gasteiger partial charge in [-0.25, -0.2) is 9.37 Å². The molecule has 1 aromatic carbocycles. The Kier molecular flexibility index (Phi) is 5.17. The van der Waals surface area contributed by atoms with E-state index in [1.165, 1.54) is 24.4 Å². The number of benzene rings is 1. The summed E-state index contributed by atoms with van der Waals surface area (Å²) in [5.41, 5.74) is 0.236. The highest BCUT2D eigenvalue weighted by Crippen LogP contribution is 2.25. The number of aromatic nitrogens is 1. The Hall–Kier alpha value is -2.91. The molecular weight excluding hydrogens is 334 g/mol. The second-order valence-corrected chi connectivity index (χ2v) is 4.68. The van der Waals surface area contributed by atoms with Crippen molar-refractivity contribution in [2.24, 2.45) is 0 Å². The Labute approximate surface area is 133 Å². The first kappa shape index (κ1) is 17.4. The summed E-state index contributed by atoms with van der Waals surface area (Å²) in [6.07, 6.45) is -3.18. The lowest BCUT2D eigenvalue weighted by atomic mass is 10.2. The molecule has 0 saturated carbocycles. The van der Waals surface area contributed by atoms with Crippen LogP contribution in [0.1, 0.15) is 5.56 Å². The lowest BCUT2D eigenvalue weighted by Gasteiger charge is -2.09. The van der Waals surface area contributed by atoms with E-state index in [2.05, 4.69) is 15.0 Å². The van der Waals surface area contributed by atoms with Gasteiger partial charge >= 0.3 is 6.18 Å². The van der Waals surface area contributed by atoms with Crippen LogP contribution in [0.15, 0.2) is 36.5 Å². The maximum Gasteiger partial charge on any atom is 0.422 e. The summed E-state index contributed by atoms with van der Waals surface area (Å²) in [7, 11) is 0. The van der Waals surface area contributed by atoms with Crippen molar-refractivity contribution >= 4 is 11.4 Å². The zero-order chi connectivity index (χ0) is 17.7. The van der Waals surface area contributed by atoms with Crippen molar-refractivity contribution in [3.8, 4) is 5.88 Å². The van der Waals surface area contributed by atoms with Gasteiger partial charge in [0.15, 0.2) is 6.61 Å². The quantitative estimate of drug-likeness (QED) is 0.491. The largest absolute Gasteiger partial charge is 0.468 e. The Bertz CT molecular complexity index is 720. The van der Waals surface area contributed by atoms with Gasteiger partial charge < -0.3 is 10.1 Å². The number of nitro benzene ring substituents is 1. The van der Waals surface area contributed by atoms with Crippen molar-refractivity contribution in [2.75, 3.05) is 11.9 Å². The molecule has 2 aromatic rings. The first-order chi connectivity index (χ1) is 11.2. The minimum atomic E-state index is -4.45. The van der Waals surface area contributed by atoms with Gasteiger partial charge in [0.05, 0.1) is 11.0 Å². The van der Waals surface area contributed by atoms with Crippen molar-refractivity contribution in [1.82, 2.24) is 4.98 Å². The number of nitrogens with one attached hydrogen (secondary N) is 1. The molecule has 0 aliphatic heterocycles. The summed E-state index contributed by atoms with van der Waals surface area (Å²) >= 11 is 0. The maximum absolute atomic E-state index is 13.0. The molecule has 0 saturated heterocycles. The molecule has 0 bridgehead atoms. The van der Waals surface area contributed by atoms with Crippen LogP contribution in [0.4, 0.5) is 28.9 Å². The zero-order valence-corrected chi connectivity index (χ0v) is 12.0. The van der Waals surface area contributed by atoms with Gasteiger partial charge in [0.1, 0.15) is 11.5 Å². The summed E-state index contributed by atoms with van der Waals surface area (Å²) in [6.45, 7) is -1.33. The lowest BCUT2D eigenvalue weighted by molar-refractivity contribution is -0.384.